The molecule has 0 unspecified atom stereocenters. The Bertz CT molecular complexity index is 506. The smallest absolute Gasteiger partial charge is 0.293 e. The van der Waals surface area contributed by atoms with E-state index in [1.54, 1.807) is 24.1 Å². The Morgan fingerprint density at radius 3 is 2.70 bits per heavy atom. The van der Waals surface area contributed by atoms with Crippen LogP contribution in [0.3, 0.4) is 0 Å². The number of nitrogens with zero attached hydrogens (tertiary/aromatic N) is 2. The highest BCUT2D eigenvalue weighted by molar-refractivity contribution is 9.10. The van der Waals surface area contributed by atoms with Crippen LogP contribution in [-0.4, -0.2) is 31.0 Å². The summed E-state index contributed by atoms with van der Waals surface area (Å²) < 4.78 is 0.630. The van der Waals surface area contributed by atoms with Crippen LogP contribution in [0.15, 0.2) is 22.7 Å². The molecule has 0 aliphatic heterocycles. The quantitative estimate of drug-likeness (QED) is 0.636. The fourth-order valence-electron chi connectivity index (χ4n) is 1.64. The molecule has 0 aromatic heterocycles. The Balaban J connectivity index is 2.79. The predicted octanol–water partition coefficient (Wildman–Crippen LogP) is 2.57. The van der Waals surface area contributed by atoms with Crippen molar-refractivity contribution in [2.75, 3.05) is 25.0 Å². The molecule has 0 aliphatic carbocycles. The van der Waals surface area contributed by atoms with Crippen molar-refractivity contribution in [3.8, 4) is 0 Å². The Morgan fingerprint density at radius 2 is 2.15 bits per heavy atom. The van der Waals surface area contributed by atoms with Crippen molar-refractivity contribution in [1.82, 2.24) is 5.32 Å². The zero-order valence-electron chi connectivity index (χ0n) is 11.7. The first-order chi connectivity index (χ1) is 9.31. The Morgan fingerprint density at radius 1 is 1.50 bits per heavy atom. The van der Waals surface area contributed by atoms with E-state index in [4.69, 9.17) is 0 Å². The summed E-state index contributed by atoms with van der Waals surface area (Å²) in [5.74, 6) is 0.213. The number of carbonyl (C=O) groups is 1. The lowest BCUT2D eigenvalue weighted by molar-refractivity contribution is -0.384. The highest BCUT2D eigenvalue weighted by Gasteiger charge is 2.19. The maximum absolute atomic E-state index is 11.7. The summed E-state index contributed by atoms with van der Waals surface area (Å²) in [7, 11) is 1.66. The van der Waals surface area contributed by atoms with Gasteiger partial charge in [-0.15, -0.1) is 0 Å². The van der Waals surface area contributed by atoms with Gasteiger partial charge in [0, 0.05) is 24.1 Å². The van der Waals surface area contributed by atoms with Crippen molar-refractivity contribution in [3.05, 3.63) is 32.8 Å². The number of halogens is 1. The molecule has 1 amide bonds. The first-order valence-electron chi connectivity index (χ1n) is 6.23. The molecule has 110 valence electrons. The van der Waals surface area contributed by atoms with Gasteiger partial charge in [0.05, 0.1) is 11.5 Å². The average molecular weight is 344 g/mol. The second-order valence-electron chi connectivity index (χ2n) is 4.94. The van der Waals surface area contributed by atoms with Crippen LogP contribution in [0.2, 0.25) is 0 Å². The average Bonchev–Trinajstić information content (AvgIpc) is 2.35. The Hall–Kier alpha value is -1.63. The van der Waals surface area contributed by atoms with Gasteiger partial charge in [0.1, 0.15) is 5.69 Å². The summed E-state index contributed by atoms with van der Waals surface area (Å²) in [6, 6.07) is 4.76. The number of nitro groups is 1. The number of rotatable bonds is 6. The summed E-state index contributed by atoms with van der Waals surface area (Å²) in [4.78, 5) is 23.9. The first-order valence-corrected chi connectivity index (χ1v) is 7.02. The molecule has 0 aliphatic rings. The molecule has 0 spiro atoms. The highest BCUT2D eigenvalue weighted by atomic mass is 79.9. The van der Waals surface area contributed by atoms with Gasteiger partial charge in [0.25, 0.3) is 5.69 Å². The van der Waals surface area contributed by atoms with Gasteiger partial charge in [-0.3, -0.25) is 14.9 Å². The van der Waals surface area contributed by atoms with Crippen LogP contribution < -0.4 is 10.2 Å². The van der Waals surface area contributed by atoms with Crippen LogP contribution in [0.4, 0.5) is 11.4 Å². The van der Waals surface area contributed by atoms with E-state index >= 15 is 0 Å². The maximum atomic E-state index is 11.7. The number of nitro benzene ring substituents is 1. The van der Waals surface area contributed by atoms with Crippen molar-refractivity contribution in [3.63, 3.8) is 0 Å². The third-order valence-corrected chi connectivity index (χ3v) is 3.13. The number of benzene rings is 1. The summed E-state index contributed by atoms with van der Waals surface area (Å²) >= 11 is 3.20. The molecule has 1 N–H and O–H groups in total. The Labute approximate surface area is 126 Å². The molecule has 20 heavy (non-hydrogen) atoms. The third-order valence-electron chi connectivity index (χ3n) is 2.63. The lowest BCUT2D eigenvalue weighted by Crippen LogP contribution is -2.37. The number of anilines is 1. The largest absolute Gasteiger partial charge is 0.360 e. The molecule has 6 nitrogen and oxygen atoms in total. The van der Waals surface area contributed by atoms with E-state index in [1.807, 2.05) is 13.8 Å². The molecule has 0 saturated heterocycles. The molecule has 0 radical (unpaired) electrons. The molecule has 0 saturated carbocycles. The second kappa shape index (κ2) is 7.23. The Kier molecular flexibility index (Phi) is 5.94. The topological polar surface area (TPSA) is 75.5 Å². The van der Waals surface area contributed by atoms with Crippen LogP contribution in [0, 0.1) is 16.0 Å². The van der Waals surface area contributed by atoms with Gasteiger partial charge < -0.3 is 10.2 Å². The lowest BCUT2D eigenvalue weighted by atomic mass is 10.2. The molecular weight excluding hydrogens is 326 g/mol. The van der Waals surface area contributed by atoms with Gasteiger partial charge >= 0.3 is 0 Å². The molecular formula is C13H18BrN3O3. The van der Waals surface area contributed by atoms with E-state index < -0.39 is 4.92 Å². The number of amides is 1. The highest BCUT2D eigenvalue weighted by Crippen LogP contribution is 2.30. The molecule has 7 heteroatoms. The predicted molar refractivity (Wildman–Crippen MR) is 81.9 cm³/mol. The molecule has 1 rings (SSSR count). The van der Waals surface area contributed by atoms with E-state index in [2.05, 4.69) is 21.2 Å². The third kappa shape index (κ3) is 4.80. The fraction of sp³-hybridized carbons (Fsp3) is 0.462. The van der Waals surface area contributed by atoms with E-state index in [1.165, 1.54) is 6.07 Å². The zero-order chi connectivity index (χ0) is 15.3. The van der Waals surface area contributed by atoms with Crippen LogP contribution in [0.1, 0.15) is 13.8 Å². The zero-order valence-corrected chi connectivity index (χ0v) is 13.3. The standard InChI is InChI=1S/C13H18BrN3O3/c1-9(2)7-15-13(18)8-16(3)11-5-4-10(14)6-12(11)17(19)20/h4-6,9H,7-8H2,1-3H3,(H,15,18). The minimum Gasteiger partial charge on any atom is -0.360 e. The van der Waals surface area contributed by atoms with Crippen molar-refractivity contribution in [2.24, 2.45) is 5.92 Å². The monoisotopic (exact) mass is 343 g/mol. The molecule has 1 aromatic carbocycles. The van der Waals surface area contributed by atoms with Gasteiger partial charge in [-0.25, -0.2) is 0 Å². The van der Waals surface area contributed by atoms with E-state index in [0.717, 1.165) is 0 Å². The fourth-order valence-corrected chi connectivity index (χ4v) is 1.99. The molecule has 0 heterocycles. The van der Waals surface area contributed by atoms with Crippen molar-refractivity contribution in [2.45, 2.75) is 13.8 Å². The molecule has 0 bridgehead atoms. The van der Waals surface area contributed by atoms with Crippen molar-refractivity contribution < 1.29 is 9.72 Å². The molecule has 0 atom stereocenters. The van der Waals surface area contributed by atoms with Crippen LogP contribution in [-0.2, 0) is 4.79 Å². The summed E-state index contributed by atoms with van der Waals surface area (Å²) in [6.45, 7) is 4.68. The van der Waals surface area contributed by atoms with Crippen molar-refractivity contribution in [1.29, 1.82) is 0 Å². The first kappa shape index (κ1) is 16.4. The maximum Gasteiger partial charge on any atom is 0.293 e. The number of nitrogens with one attached hydrogen (secondary N) is 1. The van der Waals surface area contributed by atoms with Crippen LogP contribution in [0.25, 0.3) is 0 Å². The summed E-state index contributed by atoms with van der Waals surface area (Å²) in [5.41, 5.74) is 0.386. The van der Waals surface area contributed by atoms with Gasteiger partial charge in [-0.05, 0) is 18.1 Å². The number of hydrogen-bond acceptors (Lipinski definition) is 4. The van der Waals surface area contributed by atoms with Gasteiger partial charge in [0.15, 0.2) is 0 Å². The summed E-state index contributed by atoms with van der Waals surface area (Å²) in [5, 5.41) is 13.8. The minimum absolute atomic E-state index is 0.0291. The number of carbonyl (C=O) groups excluding carboxylic acids is 1. The number of likely N-dealkylation sites (N-methyl/N-ethyl adjacent to an activating group) is 1. The van der Waals surface area contributed by atoms with Gasteiger partial charge in [-0.1, -0.05) is 29.8 Å². The van der Waals surface area contributed by atoms with E-state index in [0.29, 0.717) is 22.6 Å². The van der Waals surface area contributed by atoms with Gasteiger partial charge in [0.2, 0.25) is 5.91 Å². The van der Waals surface area contributed by atoms with Crippen LogP contribution >= 0.6 is 15.9 Å². The second-order valence-corrected chi connectivity index (χ2v) is 5.86. The van der Waals surface area contributed by atoms with E-state index in [-0.39, 0.29) is 18.1 Å². The van der Waals surface area contributed by atoms with E-state index in [9.17, 15) is 14.9 Å². The molecule has 1 aromatic rings. The number of hydrogen-bond donors (Lipinski definition) is 1. The summed E-state index contributed by atoms with van der Waals surface area (Å²) in [6.07, 6.45) is 0. The van der Waals surface area contributed by atoms with Crippen molar-refractivity contribution >= 4 is 33.2 Å². The minimum atomic E-state index is -0.456. The normalized spacial score (nSPS) is 10.4. The lowest BCUT2D eigenvalue weighted by Gasteiger charge is -2.19. The molecule has 0 fully saturated rings. The van der Waals surface area contributed by atoms with Crippen LogP contribution in [0.5, 0.6) is 0 Å². The van der Waals surface area contributed by atoms with Gasteiger partial charge in [-0.2, -0.15) is 0 Å². The SMILES string of the molecule is CC(C)CNC(=O)CN(C)c1ccc(Br)cc1[N+](=O)[O-].